The minimum atomic E-state index is -0.0734. The highest BCUT2D eigenvalue weighted by Crippen LogP contribution is 2.29. The lowest BCUT2D eigenvalue weighted by Crippen LogP contribution is -2.25. The van der Waals surface area contributed by atoms with Crippen LogP contribution in [-0.4, -0.2) is 24.2 Å². The first-order valence-electron chi connectivity index (χ1n) is 8.44. The molecule has 0 spiro atoms. The standard InChI is InChI=1S/C20H23NO3/c22-13-16-3-1-15(2-4-16)11-12-21-20(23)18-7-9-19(10-8-18)24-14-17-5-6-17/h1-4,7-10,17,22H,5-6,11-14H2,(H,21,23). The molecular weight excluding hydrogens is 302 g/mol. The Morgan fingerprint density at radius 1 is 1.04 bits per heavy atom. The van der Waals surface area contributed by atoms with Crippen molar-refractivity contribution in [2.45, 2.75) is 25.9 Å². The number of ether oxygens (including phenoxy) is 1. The van der Waals surface area contributed by atoms with E-state index < -0.39 is 0 Å². The average Bonchev–Trinajstić information content (AvgIpc) is 3.45. The van der Waals surface area contributed by atoms with E-state index in [1.54, 1.807) is 12.1 Å². The average molecular weight is 325 g/mol. The Morgan fingerprint density at radius 2 is 1.71 bits per heavy atom. The van der Waals surface area contributed by atoms with E-state index in [0.717, 1.165) is 35.8 Å². The zero-order chi connectivity index (χ0) is 16.8. The number of carbonyl (C=O) groups is 1. The van der Waals surface area contributed by atoms with Crippen molar-refractivity contribution in [2.24, 2.45) is 5.92 Å². The van der Waals surface area contributed by atoms with Crippen molar-refractivity contribution in [3.8, 4) is 5.75 Å². The van der Waals surface area contributed by atoms with Crippen LogP contribution in [0.15, 0.2) is 48.5 Å². The molecule has 4 nitrogen and oxygen atoms in total. The fourth-order valence-corrected chi connectivity index (χ4v) is 2.43. The molecule has 0 saturated heterocycles. The number of carbonyl (C=O) groups excluding carboxylic acids is 1. The summed E-state index contributed by atoms with van der Waals surface area (Å²) in [5.41, 5.74) is 2.67. The van der Waals surface area contributed by atoms with Gasteiger partial charge in [0, 0.05) is 12.1 Å². The summed E-state index contributed by atoms with van der Waals surface area (Å²) < 4.78 is 5.67. The second kappa shape index (κ2) is 7.97. The molecule has 1 saturated carbocycles. The fourth-order valence-electron chi connectivity index (χ4n) is 2.43. The number of aliphatic hydroxyl groups excluding tert-OH is 1. The number of amides is 1. The third-order valence-corrected chi connectivity index (χ3v) is 4.20. The lowest BCUT2D eigenvalue weighted by molar-refractivity contribution is 0.0954. The molecule has 1 fully saturated rings. The highest BCUT2D eigenvalue weighted by molar-refractivity contribution is 5.94. The molecule has 0 unspecified atom stereocenters. The molecule has 1 aliphatic carbocycles. The molecule has 2 N–H and O–H groups in total. The van der Waals surface area contributed by atoms with Crippen LogP contribution in [0.25, 0.3) is 0 Å². The summed E-state index contributed by atoms with van der Waals surface area (Å²) in [7, 11) is 0. The molecule has 4 heteroatoms. The van der Waals surface area contributed by atoms with Gasteiger partial charge < -0.3 is 15.2 Å². The Bertz CT molecular complexity index is 660. The summed E-state index contributed by atoms with van der Waals surface area (Å²) in [6.45, 7) is 1.41. The topological polar surface area (TPSA) is 58.6 Å². The molecule has 126 valence electrons. The summed E-state index contributed by atoms with van der Waals surface area (Å²) >= 11 is 0. The van der Waals surface area contributed by atoms with Crippen LogP contribution in [0.4, 0.5) is 0 Å². The van der Waals surface area contributed by atoms with Gasteiger partial charge in [-0.2, -0.15) is 0 Å². The van der Waals surface area contributed by atoms with Gasteiger partial charge >= 0.3 is 0 Å². The highest BCUT2D eigenvalue weighted by Gasteiger charge is 2.21. The van der Waals surface area contributed by atoms with Crippen LogP contribution in [0, 0.1) is 5.92 Å². The van der Waals surface area contributed by atoms with Gasteiger partial charge in [-0.15, -0.1) is 0 Å². The number of hydrogen-bond donors (Lipinski definition) is 2. The van der Waals surface area contributed by atoms with Gasteiger partial charge in [-0.25, -0.2) is 0 Å². The summed E-state index contributed by atoms with van der Waals surface area (Å²) in [4.78, 5) is 12.1. The van der Waals surface area contributed by atoms with E-state index in [2.05, 4.69) is 5.32 Å². The Kier molecular flexibility index (Phi) is 5.49. The van der Waals surface area contributed by atoms with Crippen LogP contribution in [-0.2, 0) is 13.0 Å². The number of aliphatic hydroxyl groups is 1. The van der Waals surface area contributed by atoms with Crippen LogP contribution in [0.1, 0.15) is 34.3 Å². The summed E-state index contributed by atoms with van der Waals surface area (Å²) in [6.07, 6.45) is 3.30. The first-order valence-corrected chi connectivity index (χ1v) is 8.44. The molecule has 0 aliphatic heterocycles. The molecule has 2 aromatic carbocycles. The van der Waals surface area contributed by atoms with Crippen molar-refractivity contribution in [1.29, 1.82) is 0 Å². The first-order chi connectivity index (χ1) is 11.7. The van der Waals surface area contributed by atoms with E-state index in [1.165, 1.54) is 12.8 Å². The molecule has 24 heavy (non-hydrogen) atoms. The molecule has 1 amide bonds. The highest BCUT2D eigenvalue weighted by atomic mass is 16.5. The summed E-state index contributed by atoms with van der Waals surface area (Å²) in [5, 5.41) is 11.9. The van der Waals surface area contributed by atoms with Crippen LogP contribution in [0.3, 0.4) is 0 Å². The predicted molar refractivity (Wildman–Crippen MR) is 93.1 cm³/mol. The maximum Gasteiger partial charge on any atom is 0.251 e. The Morgan fingerprint density at radius 3 is 2.33 bits per heavy atom. The summed E-state index contributed by atoms with van der Waals surface area (Å²) in [5.74, 6) is 1.47. The third kappa shape index (κ3) is 4.83. The number of nitrogens with one attached hydrogen (secondary N) is 1. The van der Waals surface area contributed by atoms with E-state index in [-0.39, 0.29) is 12.5 Å². The Hall–Kier alpha value is -2.33. The maximum atomic E-state index is 12.1. The molecule has 0 aromatic heterocycles. The smallest absolute Gasteiger partial charge is 0.251 e. The second-order valence-electron chi connectivity index (χ2n) is 6.26. The predicted octanol–water partition coefficient (Wildman–Crippen LogP) is 2.94. The number of benzene rings is 2. The molecule has 0 atom stereocenters. The van der Waals surface area contributed by atoms with Crippen molar-refractivity contribution in [3.63, 3.8) is 0 Å². The van der Waals surface area contributed by atoms with Gasteiger partial charge in [0.2, 0.25) is 0 Å². The first kappa shape index (κ1) is 16.5. The van der Waals surface area contributed by atoms with E-state index in [0.29, 0.717) is 12.1 Å². The maximum absolute atomic E-state index is 12.1. The van der Waals surface area contributed by atoms with Crippen molar-refractivity contribution in [1.82, 2.24) is 5.32 Å². The van der Waals surface area contributed by atoms with Crippen molar-refractivity contribution in [2.75, 3.05) is 13.2 Å². The van der Waals surface area contributed by atoms with Gasteiger partial charge in [0.05, 0.1) is 13.2 Å². The Labute approximate surface area is 142 Å². The summed E-state index contributed by atoms with van der Waals surface area (Å²) in [6, 6.07) is 15.1. The molecule has 2 aromatic rings. The van der Waals surface area contributed by atoms with E-state index >= 15 is 0 Å². The van der Waals surface area contributed by atoms with E-state index in [9.17, 15) is 4.79 Å². The Balaban J connectivity index is 1.43. The molecule has 0 radical (unpaired) electrons. The van der Waals surface area contributed by atoms with Crippen molar-refractivity contribution < 1.29 is 14.6 Å². The van der Waals surface area contributed by atoms with Crippen LogP contribution < -0.4 is 10.1 Å². The van der Waals surface area contributed by atoms with E-state index in [4.69, 9.17) is 9.84 Å². The van der Waals surface area contributed by atoms with Crippen LogP contribution in [0.2, 0.25) is 0 Å². The van der Waals surface area contributed by atoms with Crippen molar-refractivity contribution >= 4 is 5.91 Å². The molecule has 3 rings (SSSR count). The molecule has 0 heterocycles. The van der Waals surface area contributed by atoms with E-state index in [1.807, 2.05) is 36.4 Å². The SMILES string of the molecule is O=C(NCCc1ccc(CO)cc1)c1ccc(OCC2CC2)cc1. The molecule has 0 bridgehead atoms. The number of hydrogen-bond acceptors (Lipinski definition) is 3. The fraction of sp³-hybridized carbons (Fsp3) is 0.350. The monoisotopic (exact) mass is 325 g/mol. The minimum absolute atomic E-state index is 0.0530. The van der Waals surface area contributed by atoms with Crippen LogP contribution in [0.5, 0.6) is 5.75 Å². The lowest BCUT2D eigenvalue weighted by atomic mass is 10.1. The van der Waals surface area contributed by atoms with Gasteiger partial charge in [-0.1, -0.05) is 24.3 Å². The quantitative estimate of drug-likeness (QED) is 0.784. The molecule has 1 aliphatic rings. The second-order valence-corrected chi connectivity index (χ2v) is 6.26. The zero-order valence-corrected chi connectivity index (χ0v) is 13.7. The van der Waals surface area contributed by atoms with Gasteiger partial charge in [0.25, 0.3) is 5.91 Å². The normalized spacial score (nSPS) is 13.5. The van der Waals surface area contributed by atoms with Gasteiger partial charge in [0.1, 0.15) is 5.75 Å². The van der Waals surface area contributed by atoms with Crippen molar-refractivity contribution in [3.05, 3.63) is 65.2 Å². The van der Waals surface area contributed by atoms with Gasteiger partial charge in [-0.05, 0) is 60.6 Å². The van der Waals surface area contributed by atoms with Gasteiger partial charge in [-0.3, -0.25) is 4.79 Å². The number of rotatable bonds is 8. The largest absolute Gasteiger partial charge is 0.493 e. The zero-order valence-electron chi connectivity index (χ0n) is 13.7. The lowest BCUT2D eigenvalue weighted by Gasteiger charge is -2.08. The van der Waals surface area contributed by atoms with Crippen LogP contribution >= 0.6 is 0 Å². The minimum Gasteiger partial charge on any atom is -0.493 e. The van der Waals surface area contributed by atoms with Gasteiger partial charge in [0.15, 0.2) is 0 Å². The molecular formula is C20H23NO3. The third-order valence-electron chi connectivity index (χ3n) is 4.20.